The van der Waals surface area contributed by atoms with Gasteiger partial charge < -0.3 is 15.2 Å². The van der Waals surface area contributed by atoms with Gasteiger partial charge in [0.1, 0.15) is 17.3 Å². The van der Waals surface area contributed by atoms with E-state index in [0.717, 1.165) is 11.3 Å². The number of nitrogens with one attached hydrogen (secondary N) is 1. The molecular weight excluding hydrogens is 338 g/mol. The maximum absolute atomic E-state index is 11.0. The molecule has 3 rings (SSSR count). The zero-order valence-electron chi connectivity index (χ0n) is 14.2. The van der Waals surface area contributed by atoms with Crippen LogP contribution in [0.5, 0.6) is 11.5 Å². The van der Waals surface area contributed by atoms with Crippen LogP contribution in [0, 0.1) is 10.1 Å². The molecule has 1 atom stereocenters. The lowest BCUT2D eigenvalue weighted by Crippen LogP contribution is -2.13. The van der Waals surface area contributed by atoms with Gasteiger partial charge in [-0.2, -0.15) is 5.10 Å². The first-order valence-corrected chi connectivity index (χ1v) is 7.68. The topological polar surface area (TPSA) is 129 Å². The summed E-state index contributed by atoms with van der Waals surface area (Å²) in [4.78, 5) is 14.9. The first-order valence-electron chi connectivity index (χ1n) is 7.68. The van der Waals surface area contributed by atoms with Crippen LogP contribution in [0.25, 0.3) is 11.4 Å². The summed E-state index contributed by atoms with van der Waals surface area (Å²) in [5, 5.41) is 17.9. The van der Waals surface area contributed by atoms with Gasteiger partial charge in [-0.1, -0.05) is 12.1 Å². The van der Waals surface area contributed by atoms with E-state index < -0.39 is 11.0 Å². The van der Waals surface area contributed by atoms with Gasteiger partial charge in [-0.05, 0) is 23.8 Å². The fraction of sp³-hybridized carbons (Fsp3) is 0.176. The number of nitro groups is 1. The molecule has 0 saturated heterocycles. The third-order valence-corrected chi connectivity index (χ3v) is 3.91. The highest BCUT2D eigenvalue weighted by atomic mass is 16.6. The van der Waals surface area contributed by atoms with E-state index in [4.69, 9.17) is 15.2 Å². The average Bonchev–Trinajstić information content (AvgIpc) is 3.17. The SMILES string of the molecule is COc1ccc([C@@H](N)c2nc(-c3cc([N+](=O)[O-])ccc3OC)n[nH]2)cc1. The zero-order valence-corrected chi connectivity index (χ0v) is 14.2. The highest BCUT2D eigenvalue weighted by molar-refractivity contribution is 5.67. The zero-order chi connectivity index (χ0) is 18.7. The maximum atomic E-state index is 11.0. The van der Waals surface area contributed by atoms with Gasteiger partial charge in [-0.3, -0.25) is 15.2 Å². The molecule has 26 heavy (non-hydrogen) atoms. The summed E-state index contributed by atoms with van der Waals surface area (Å²) >= 11 is 0. The van der Waals surface area contributed by atoms with Crippen molar-refractivity contribution < 1.29 is 14.4 Å². The number of rotatable bonds is 6. The van der Waals surface area contributed by atoms with Gasteiger partial charge in [0.05, 0.1) is 30.7 Å². The fourth-order valence-electron chi connectivity index (χ4n) is 2.49. The van der Waals surface area contributed by atoms with Crippen molar-refractivity contribution in [3.63, 3.8) is 0 Å². The normalized spacial score (nSPS) is 11.8. The van der Waals surface area contributed by atoms with Gasteiger partial charge >= 0.3 is 0 Å². The Hall–Kier alpha value is -3.46. The molecule has 0 spiro atoms. The molecule has 3 N–H and O–H groups in total. The molecule has 0 unspecified atom stereocenters. The average molecular weight is 355 g/mol. The number of nitrogens with zero attached hydrogens (tertiary/aromatic N) is 3. The van der Waals surface area contributed by atoms with Gasteiger partial charge in [0.25, 0.3) is 5.69 Å². The summed E-state index contributed by atoms with van der Waals surface area (Å²) in [5.74, 6) is 1.85. The number of hydrogen-bond donors (Lipinski definition) is 2. The quantitative estimate of drug-likeness (QED) is 0.513. The summed E-state index contributed by atoms with van der Waals surface area (Å²) < 4.78 is 10.4. The second kappa shape index (κ2) is 7.19. The van der Waals surface area contributed by atoms with Crippen LogP contribution in [0.2, 0.25) is 0 Å². The summed E-state index contributed by atoms with van der Waals surface area (Å²) in [6.45, 7) is 0. The van der Waals surface area contributed by atoms with Crippen molar-refractivity contribution in [3.8, 4) is 22.9 Å². The van der Waals surface area contributed by atoms with E-state index in [1.54, 1.807) is 19.2 Å². The minimum Gasteiger partial charge on any atom is -0.497 e. The Kier molecular flexibility index (Phi) is 4.81. The number of aromatic amines is 1. The van der Waals surface area contributed by atoms with Crippen molar-refractivity contribution in [2.24, 2.45) is 5.73 Å². The molecular formula is C17H17N5O4. The number of aromatic nitrogens is 3. The number of benzene rings is 2. The number of nitrogens with two attached hydrogens (primary N) is 1. The van der Waals surface area contributed by atoms with Crippen LogP contribution >= 0.6 is 0 Å². The molecule has 3 aromatic rings. The van der Waals surface area contributed by atoms with E-state index in [2.05, 4.69) is 15.2 Å². The van der Waals surface area contributed by atoms with Gasteiger partial charge in [0.15, 0.2) is 5.82 Å². The molecule has 1 heterocycles. The van der Waals surface area contributed by atoms with Crippen LogP contribution < -0.4 is 15.2 Å². The summed E-state index contributed by atoms with van der Waals surface area (Å²) in [6, 6.07) is 11.0. The third kappa shape index (κ3) is 3.33. The van der Waals surface area contributed by atoms with Crippen molar-refractivity contribution in [1.29, 1.82) is 0 Å². The van der Waals surface area contributed by atoms with E-state index in [-0.39, 0.29) is 11.5 Å². The van der Waals surface area contributed by atoms with Gasteiger partial charge in [0.2, 0.25) is 0 Å². The predicted molar refractivity (Wildman–Crippen MR) is 94.0 cm³/mol. The molecule has 0 radical (unpaired) electrons. The highest BCUT2D eigenvalue weighted by Crippen LogP contribution is 2.32. The molecule has 0 amide bonds. The Balaban J connectivity index is 1.94. The maximum Gasteiger partial charge on any atom is 0.270 e. The highest BCUT2D eigenvalue weighted by Gasteiger charge is 2.19. The van der Waals surface area contributed by atoms with Crippen molar-refractivity contribution in [1.82, 2.24) is 15.2 Å². The van der Waals surface area contributed by atoms with E-state index in [1.807, 2.05) is 12.1 Å². The number of hydrogen-bond acceptors (Lipinski definition) is 7. The van der Waals surface area contributed by atoms with E-state index >= 15 is 0 Å². The molecule has 0 aliphatic heterocycles. The Morgan fingerprint density at radius 1 is 1.15 bits per heavy atom. The summed E-state index contributed by atoms with van der Waals surface area (Å²) in [5.41, 5.74) is 7.38. The molecule has 2 aromatic carbocycles. The van der Waals surface area contributed by atoms with Crippen LogP contribution in [-0.2, 0) is 0 Å². The molecule has 0 bridgehead atoms. The first kappa shape index (κ1) is 17.4. The molecule has 9 nitrogen and oxygen atoms in total. The number of ether oxygens (including phenoxy) is 2. The van der Waals surface area contributed by atoms with E-state index in [0.29, 0.717) is 17.1 Å². The number of non-ortho nitro benzene ring substituents is 1. The van der Waals surface area contributed by atoms with Crippen LogP contribution in [0.1, 0.15) is 17.4 Å². The molecule has 0 saturated carbocycles. The largest absolute Gasteiger partial charge is 0.497 e. The standard InChI is InChI=1S/C17H17N5O4/c1-25-12-6-3-10(4-7-12)15(18)17-19-16(20-21-17)13-9-11(22(23)24)5-8-14(13)26-2/h3-9,15H,18H2,1-2H3,(H,19,20,21)/t15-/m1/s1. The van der Waals surface area contributed by atoms with Crippen molar-refractivity contribution >= 4 is 5.69 Å². The lowest BCUT2D eigenvalue weighted by Gasteiger charge is -2.09. The third-order valence-electron chi connectivity index (χ3n) is 3.91. The fourth-order valence-corrected chi connectivity index (χ4v) is 2.49. The Bertz CT molecular complexity index is 923. The molecule has 134 valence electrons. The second-order valence-corrected chi connectivity index (χ2v) is 5.44. The Morgan fingerprint density at radius 3 is 2.50 bits per heavy atom. The summed E-state index contributed by atoms with van der Waals surface area (Å²) in [7, 11) is 3.06. The lowest BCUT2D eigenvalue weighted by atomic mass is 10.1. The van der Waals surface area contributed by atoms with E-state index in [1.165, 1.54) is 25.3 Å². The van der Waals surface area contributed by atoms with Crippen molar-refractivity contribution in [2.75, 3.05) is 14.2 Å². The molecule has 0 aliphatic carbocycles. The lowest BCUT2D eigenvalue weighted by molar-refractivity contribution is -0.384. The minimum atomic E-state index is -0.535. The monoisotopic (exact) mass is 355 g/mol. The predicted octanol–water partition coefficient (Wildman–Crippen LogP) is 2.45. The second-order valence-electron chi connectivity index (χ2n) is 5.44. The van der Waals surface area contributed by atoms with Crippen LogP contribution in [0.15, 0.2) is 42.5 Å². The van der Waals surface area contributed by atoms with Gasteiger partial charge in [-0.15, -0.1) is 0 Å². The van der Waals surface area contributed by atoms with Crippen LogP contribution in [-0.4, -0.2) is 34.3 Å². The summed E-state index contributed by atoms with van der Waals surface area (Å²) in [6.07, 6.45) is 0. The Labute approximate surface area is 148 Å². The Morgan fingerprint density at radius 2 is 1.88 bits per heavy atom. The molecule has 1 aromatic heterocycles. The van der Waals surface area contributed by atoms with Gasteiger partial charge in [-0.25, -0.2) is 4.98 Å². The van der Waals surface area contributed by atoms with Crippen LogP contribution in [0.3, 0.4) is 0 Å². The smallest absolute Gasteiger partial charge is 0.270 e. The minimum absolute atomic E-state index is 0.0772. The first-order chi connectivity index (χ1) is 12.5. The van der Waals surface area contributed by atoms with Crippen molar-refractivity contribution in [2.45, 2.75) is 6.04 Å². The number of nitro benzene ring substituents is 1. The van der Waals surface area contributed by atoms with Crippen molar-refractivity contribution in [3.05, 3.63) is 64.0 Å². The number of H-pyrrole nitrogens is 1. The molecule has 0 aliphatic rings. The molecule has 0 fully saturated rings. The van der Waals surface area contributed by atoms with Crippen LogP contribution in [0.4, 0.5) is 5.69 Å². The van der Waals surface area contributed by atoms with E-state index in [9.17, 15) is 10.1 Å². The van der Waals surface area contributed by atoms with Gasteiger partial charge in [0, 0.05) is 12.1 Å². The number of methoxy groups -OCH3 is 2. The molecule has 9 heteroatoms.